The summed E-state index contributed by atoms with van der Waals surface area (Å²) in [5, 5.41) is 3.05. The van der Waals surface area contributed by atoms with Gasteiger partial charge in [0.2, 0.25) is 0 Å². The molecule has 1 amide bonds. The van der Waals surface area contributed by atoms with E-state index in [9.17, 15) is 4.79 Å². The molecule has 102 valence electrons. The fraction of sp³-hybridized carbons (Fsp3) is 0.250. The van der Waals surface area contributed by atoms with Crippen LogP contribution in [0, 0.1) is 0 Å². The summed E-state index contributed by atoms with van der Waals surface area (Å²) in [6, 6.07) is 15.8. The molecular weight excluding hydrogens is 250 g/mol. The second-order valence-corrected chi connectivity index (χ2v) is 4.96. The molecule has 1 unspecified atom stereocenters. The van der Waals surface area contributed by atoms with Gasteiger partial charge >= 0.3 is 0 Å². The average Bonchev–Trinajstić information content (AvgIpc) is 2.97. The molecule has 0 saturated carbocycles. The van der Waals surface area contributed by atoms with Crippen molar-refractivity contribution < 1.29 is 4.79 Å². The number of aromatic nitrogens is 1. The summed E-state index contributed by atoms with van der Waals surface area (Å²) in [7, 11) is 0. The maximum atomic E-state index is 12.1. The van der Waals surface area contributed by atoms with E-state index in [1.807, 2.05) is 30.3 Å². The van der Waals surface area contributed by atoms with E-state index in [4.69, 9.17) is 0 Å². The lowest BCUT2D eigenvalue weighted by molar-refractivity contribution is 0.0935. The summed E-state index contributed by atoms with van der Waals surface area (Å²) < 4.78 is 0. The molecule has 1 atom stereocenters. The van der Waals surface area contributed by atoms with Crippen LogP contribution in [0.5, 0.6) is 0 Å². The van der Waals surface area contributed by atoms with Gasteiger partial charge in [-0.05, 0) is 30.7 Å². The fourth-order valence-corrected chi connectivity index (χ4v) is 2.51. The highest BCUT2D eigenvalue weighted by atomic mass is 16.1. The normalized spacial score (nSPS) is 18.0. The number of pyridine rings is 1. The van der Waals surface area contributed by atoms with Gasteiger partial charge < -0.3 is 10.2 Å². The van der Waals surface area contributed by atoms with Gasteiger partial charge in [0.05, 0.1) is 0 Å². The second-order valence-electron chi connectivity index (χ2n) is 4.96. The molecule has 2 heterocycles. The van der Waals surface area contributed by atoms with E-state index in [0.717, 1.165) is 19.5 Å². The Hall–Kier alpha value is -2.36. The third-order valence-corrected chi connectivity index (χ3v) is 3.54. The summed E-state index contributed by atoms with van der Waals surface area (Å²) >= 11 is 0. The predicted octanol–water partition coefficient (Wildman–Crippen LogP) is 2.09. The Bertz CT molecular complexity index is 571. The van der Waals surface area contributed by atoms with Gasteiger partial charge in [-0.2, -0.15) is 0 Å². The van der Waals surface area contributed by atoms with Crippen molar-refractivity contribution in [1.82, 2.24) is 10.3 Å². The van der Waals surface area contributed by atoms with E-state index in [2.05, 4.69) is 27.3 Å². The number of nitrogens with zero attached hydrogens (tertiary/aromatic N) is 2. The van der Waals surface area contributed by atoms with Crippen LogP contribution in [0.3, 0.4) is 0 Å². The van der Waals surface area contributed by atoms with Crippen molar-refractivity contribution in [3.63, 3.8) is 0 Å². The van der Waals surface area contributed by atoms with Crippen molar-refractivity contribution >= 4 is 11.6 Å². The molecule has 1 aliphatic rings. The molecule has 1 fully saturated rings. The number of hydrogen-bond donors (Lipinski definition) is 1. The third kappa shape index (κ3) is 2.79. The quantitative estimate of drug-likeness (QED) is 0.926. The van der Waals surface area contributed by atoms with Crippen molar-refractivity contribution in [2.24, 2.45) is 0 Å². The van der Waals surface area contributed by atoms with Crippen LogP contribution in [0.15, 0.2) is 54.7 Å². The number of para-hydroxylation sites is 1. The molecule has 0 radical (unpaired) electrons. The van der Waals surface area contributed by atoms with Crippen LogP contribution in [-0.2, 0) is 0 Å². The maximum absolute atomic E-state index is 12.1. The minimum absolute atomic E-state index is 0.0921. The SMILES string of the molecule is O=C(NC1CCN(c2ccccc2)C1)c1ccccn1. The molecule has 1 aromatic carbocycles. The standard InChI is InChI=1S/C16H17N3O/c20-16(15-8-4-5-10-17-15)18-13-9-11-19(12-13)14-6-2-1-3-7-14/h1-8,10,13H,9,11-12H2,(H,18,20). The molecule has 0 aliphatic carbocycles. The predicted molar refractivity (Wildman–Crippen MR) is 78.8 cm³/mol. The second kappa shape index (κ2) is 5.74. The molecule has 2 aromatic rings. The molecule has 4 nitrogen and oxygen atoms in total. The van der Waals surface area contributed by atoms with Crippen molar-refractivity contribution in [3.8, 4) is 0 Å². The third-order valence-electron chi connectivity index (χ3n) is 3.54. The molecular formula is C16H17N3O. The lowest BCUT2D eigenvalue weighted by Crippen LogP contribution is -2.37. The Morgan fingerprint density at radius 1 is 1.15 bits per heavy atom. The number of rotatable bonds is 3. The summed E-state index contributed by atoms with van der Waals surface area (Å²) in [5.74, 6) is -0.0921. The molecule has 4 heteroatoms. The molecule has 1 N–H and O–H groups in total. The summed E-state index contributed by atoms with van der Waals surface area (Å²) in [5.41, 5.74) is 1.69. The van der Waals surface area contributed by atoms with Crippen molar-refractivity contribution in [2.75, 3.05) is 18.0 Å². The van der Waals surface area contributed by atoms with Crippen LogP contribution < -0.4 is 10.2 Å². The minimum atomic E-state index is -0.0921. The molecule has 1 saturated heterocycles. The molecule has 1 aliphatic heterocycles. The first-order valence-electron chi connectivity index (χ1n) is 6.85. The number of benzene rings is 1. The smallest absolute Gasteiger partial charge is 0.270 e. The Morgan fingerprint density at radius 3 is 2.70 bits per heavy atom. The highest BCUT2D eigenvalue weighted by Gasteiger charge is 2.24. The lowest BCUT2D eigenvalue weighted by atomic mass is 10.2. The zero-order valence-corrected chi connectivity index (χ0v) is 11.2. The average molecular weight is 267 g/mol. The topological polar surface area (TPSA) is 45.2 Å². The maximum Gasteiger partial charge on any atom is 0.270 e. The van der Waals surface area contributed by atoms with E-state index < -0.39 is 0 Å². The molecule has 20 heavy (non-hydrogen) atoms. The summed E-state index contributed by atoms with van der Waals surface area (Å²) in [4.78, 5) is 18.4. The number of carbonyl (C=O) groups excluding carboxylic acids is 1. The summed E-state index contributed by atoms with van der Waals surface area (Å²) in [6.45, 7) is 1.82. The van der Waals surface area contributed by atoms with E-state index in [1.165, 1.54) is 5.69 Å². The van der Waals surface area contributed by atoms with Crippen LogP contribution in [-0.4, -0.2) is 30.0 Å². The van der Waals surface area contributed by atoms with Crippen molar-refractivity contribution in [2.45, 2.75) is 12.5 Å². The highest BCUT2D eigenvalue weighted by Crippen LogP contribution is 2.19. The summed E-state index contributed by atoms with van der Waals surface area (Å²) in [6.07, 6.45) is 2.60. The van der Waals surface area contributed by atoms with E-state index in [-0.39, 0.29) is 11.9 Å². The first kappa shape index (κ1) is 12.7. The number of hydrogen-bond acceptors (Lipinski definition) is 3. The zero-order chi connectivity index (χ0) is 13.8. The Labute approximate surface area is 118 Å². The minimum Gasteiger partial charge on any atom is -0.369 e. The van der Waals surface area contributed by atoms with Gasteiger partial charge in [-0.3, -0.25) is 9.78 Å². The van der Waals surface area contributed by atoms with Gasteiger partial charge in [0, 0.05) is 31.0 Å². The Kier molecular flexibility index (Phi) is 3.63. The first-order chi connectivity index (χ1) is 9.83. The Balaban J connectivity index is 1.60. The molecule has 0 bridgehead atoms. The fourth-order valence-electron chi connectivity index (χ4n) is 2.51. The Morgan fingerprint density at radius 2 is 1.95 bits per heavy atom. The van der Waals surface area contributed by atoms with Crippen LogP contribution in [0.2, 0.25) is 0 Å². The van der Waals surface area contributed by atoms with Crippen LogP contribution in [0.1, 0.15) is 16.9 Å². The molecule has 1 aromatic heterocycles. The van der Waals surface area contributed by atoms with Gasteiger partial charge in [0.15, 0.2) is 0 Å². The van der Waals surface area contributed by atoms with Crippen molar-refractivity contribution in [3.05, 3.63) is 60.4 Å². The van der Waals surface area contributed by atoms with Gasteiger partial charge in [-0.25, -0.2) is 0 Å². The number of amides is 1. The lowest BCUT2D eigenvalue weighted by Gasteiger charge is -2.18. The van der Waals surface area contributed by atoms with E-state index in [1.54, 1.807) is 12.3 Å². The van der Waals surface area contributed by atoms with Crippen LogP contribution >= 0.6 is 0 Å². The van der Waals surface area contributed by atoms with Gasteiger partial charge in [0.25, 0.3) is 5.91 Å². The highest BCUT2D eigenvalue weighted by molar-refractivity contribution is 5.92. The van der Waals surface area contributed by atoms with Gasteiger partial charge in [-0.15, -0.1) is 0 Å². The zero-order valence-electron chi connectivity index (χ0n) is 11.2. The van der Waals surface area contributed by atoms with Crippen LogP contribution in [0.4, 0.5) is 5.69 Å². The largest absolute Gasteiger partial charge is 0.369 e. The number of carbonyl (C=O) groups is 1. The van der Waals surface area contributed by atoms with Crippen molar-refractivity contribution in [1.29, 1.82) is 0 Å². The van der Waals surface area contributed by atoms with E-state index in [0.29, 0.717) is 5.69 Å². The van der Waals surface area contributed by atoms with E-state index >= 15 is 0 Å². The van der Waals surface area contributed by atoms with Crippen LogP contribution in [0.25, 0.3) is 0 Å². The number of anilines is 1. The monoisotopic (exact) mass is 267 g/mol. The van der Waals surface area contributed by atoms with Gasteiger partial charge in [0.1, 0.15) is 5.69 Å². The molecule has 3 rings (SSSR count). The van der Waals surface area contributed by atoms with Gasteiger partial charge in [-0.1, -0.05) is 24.3 Å². The molecule has 0 spiro atoms. The number of nitrogens with one attached hydrogen (secondary N) is 1. The first-order valence-corrected chi connectivity index (χ1v) is 6.85.